The number of ketones is 1. The lowest BCUT2D eigenvalue weighted by molar-refractivity contribution is -0.141. The van der Waals surface area contributed by atoms with E-state index in [1.165, 1.54) is 11.3 Å². The molecule has 1 amide bonds. The zero-order valence-corrected chi connectivity index (χ0v) is 16.4. The molecule has 2 aliphatic rings. The van der Waals surface area contributed by atoms with Crippen LogP contribution in [0.1, 0.15) is 53.3 Å². The Morgan fingerprint density at radius 3 is 2.48 bits per heavy atom. The van der Waals surface area contributed by atoms with Crippen molar-refractivity contribution in [2.45, 2.75) is 51.6 Å². The SMILES string of the molecule is Cc1ccc(/C(O)=C2/C(=O)C(=O)N(C3CCCC3)C2c2cccs2)cc1C. The first-order valence-corrected chi connectivity index (χ1v) is 10.3. The number of aliphatic hydroxyl groups excluding tert-OH is 1. The van der Waals surface area contributed by atoms with Crippen LogP contribution < -0.4 is 0 Å². The molecule has 0 bridgehead atoms. The minimum atomic E-state index is -0.573. The van der Waals surface area contributed by atoms with Crippen LogP contribution in [0.3, 0.4) is 0 Å². The fourth-order valence-corrected chi connectivity index (χ4v) is 5.01. The number of thiophene rings is 1. The van der Waals surface area contributed by atoms with E-state index in [1.807, 2.05) is 49.6 Å². The van der Waals surface area contributed by atoms with Crippen LogP contribution in [-0.2, 0) is 9.59 Å². The molecule has 1 saturated carbocycles. The van der Waals surface area contributed by atoms with Gasteiger partial charge in [-0.1, -0.05) is 31.0 Å². The second-order valence-corrected chi connectivity index (χ2v) is 8.44. The number of hydrogen-bond acceptors (Lipinski definition) is 4. The highest BCUT2D eigenvalue weighted by atomic mass is 32.1. The Morgan fingerprint density at radius 1 is 1.11 bits per heavy atom. The number of hydrogen-bond donors (Lipinski definition) is 1. The Kier molecular flexibility index (Phi) is 4.64. The third kappa shape index (κ3) is 3.00. The van der Waals surface area contributed by atoms with Crippen molar-refractivity contribution in [3.63, 3.8) is 0 Å². The highest BCUT2D eigenvalue weighted by Crippen LogP contribution is 2.44. The van der Waals surface area contributed by atoms with Crippen molar-refractivity contribution in [1.29, 1.82) is 0 Å². The topological polar surface area (TPSA) is 57.6 Å². The van der Waals surface area contributed by atoms with Crippen molar-refractivity contribution >= 4 is 28.8 Å². The summed E-state index contributed by atoms with van der Waals surface area (Å²) in [5.41, 5.74) is 2.96. The van der Waals surface area contributed by atoms with Gasteiger partial charge in [0.05, 0.1) is 11.6 Å². The molecule has 27 heavy (non-hydrogen) atoms. The average molecular weight is 381 g/mol. The summed E-state index contributed by atoms with van der Waals surface area (Å²) >= 11 is 1.52. The first kappa shape index (κ1) is 18.0. The van der Waals surface area contributed by atoms with E-state index in [2.05, 4.69) is 0 Å². The van der Waals surface area contributed by atoms with Gasteiger partial charge in [0.15, 0.2) is 0 Å². The predicted octanol–water partition coefficient (Wildman–Crippen LogP) is 4.73. The molecule has 2 aromatic rings. The zero-order valence-electron chi connectivity index (χ0n) is 15.6. The highest BCUT2D eigenvalue weighted by Gasteiger charge is 2.49. The molecule has 1 unspecified atom stereocenters. The lowest BCUT2D eigenvalue weighted by Crippen LogP contribution is -2.37. The Balaban J connectivity index is 1.87. The van der Waals surface area contributed by atoms with Gasteiger partial charge in [0, 0.05) is 16.5 Å². The lowest BCUT2D eigenvalue weighted by Gasteiger charge is -2.29. The van der Waals surface area contributed by atoms with Gasteiger partial charge in [-0.3, -0.25) is 9.59 Å². The van der Waals surface area contributed by atoms with Crippen molar-refractivity contribution in [2.24, 2.45) is 0 Å². The summed E-state index contributed by atoms with van der Waals surface area (Å²) in [6.45, 7) is 3.98. The van der Waals surface area contributed by atoms with Crippen molar-refractivity contribution in [3.8, 4) is 0 Å². The summed E-state index contributed by atoms with van der Waals surface area (Å²) in [7, 11) is 0. The molecule has 1 aromatic carbocycles. The highest BCUT2D eigenvalue weighted by molar-refractivity contribution is 7.10. The minimum Gasteiger partial charge on any atom is -0.507 e. The smallest absolute Gasteiger partial charge is 0.295 e. The summed E-state index contributed by atoms with van der Waals surface area (Å²) in [4.78, 5) is 28.5. The Bertz CT molecular complexity index is 923. The predicted molar refractivity (Wildman–Crippen MR) is 107 cm³/mol. The van der Waals surface area contributed by atoms with Crippen molar-refractivity contribution < 1.29 is 14.7 Å². The monoisotopic (exact) mass is 381 g/mol. The molecule has 2 heterocycles. The van der Waals surface area contributed by atoms with Crippen LogP contribution in [0.4, 0.5) is 0 Å². The van der Waals surface area contributed by atoms with Crippen LogP contribution in [0.5, 0.6) is 0 Å². The quantitative estimate of drug-likeness (QED) is 0.475. The molecule has 1 N–H and O–H groups in total. The van der Waals surface area contributed by atoms with E-state index in [4.69, 9.17) is 0 Å². The first-order valence-electron chi connectivity index (χ1n) is 9.40. The molecule has 4 rings (SSSR count). The van der Waals surface area contributed by atoms with Gasteiger partial charge in [-0.2, -0.15) is 0 Å². The molecule has 1 aliphatic carbocycles. The third-order valence-electron chi connectivity index (χ3n) is 5.79. The maximum absolute atomic E-state index is 12.9. The van der Waals surface area contributed by atoms with Crippen LogP contribution in [0.2, 0.25) is 0 Å². The fraction of sp³-hybridized carbons (Fsp3) is 0.364. The number of amides is 1. The van der Waals surface area contributed by atoms with E-state index in [0.717, 1.165) is 41.7 Å². The molecule has 1 saturated heterocycles. The van der Waals surface area contributed by atoms with Gasteiger partial charge in [0.2, 0.25) is 0 Å². The van der Waals surface area contributed by atoms with Gasteiger partial charge < -0.3 is 10.0 Å². The van der Waals surface area contributed by atoms with Gasteiger partial charge in [0.1, 0.15) is 5.76 Å². The molecular weight excluding hydrogens is 358 g/mol. The molecule has 1 aromatic heterocycles. The summed E-state index contributed by atoms with van der Waals surface area (Å²) in [5.74, 6) is -1.13. The first-order chi connectivity index (χ1) is 13.0. The summed E-state index contributed by atoms with van der Waals surface area (Å²) in [5, 5.41) is 13.0. The van der Waals surface area contributed by atoms with Crippen molar-refractivity contribution in [3.05, 3.63) is 62.9 Å². The molecule has 0 radical (unpaired) electrons. The number of rotatable bonds is 3. The third-order valence-corrected chi connectivity index (χ3v) is 6.72. The maximum atomic E-state index is 12.9. The maximum Gasteiger partial charge on any atom is 0.295 e. The number of carbonyl (C=O) groups excluding carboxylic acids is 2. The number of likely N-dealkylation sites (tertiary alicyclic amines) is 1. The number of aryl methyl sites for hydroxylation is 2. The van der Waals surface area contributed by atoms with E-state index in [0.29, 0.717) is 5.56 Å². The number of benzene rings is 1. The average Bonchev–Trinajstić information content (AvgIpc) is 3.39. The van der Waals surface area contributed by atoms with E-state index >= 15 is 0 Å². The van der Waals surface area contributed by atoms with Crippen LogP contribution in [-0.4, -0.2) is 27.7 Å². The van der Waals surface area contributed by atoms with Crippen molar-refractivity contribution in [1.82, 2.24) is 4.90 Å². The molecular formula is C22H23NO3S. The van der Waals surface area contributed by atoms with Crippen LogP contribution in [0.25, 0.3) is 5.76 Å². The van der Waals surface area contributed by atoms with Gasteiger partial charge in [-0.15, -0.1) is 11.3 Å². The second kappa shape index (κ2) is 6.97. The molecule has 2 fully saturated rings. The van der Waals surface area contributed by atoms with Crippen LogP contribution in [0.15, 0.2) is 41.3 Å². The van der Waals surface area contributed by atoms with E-state index in [9.17, 15) is 14.7 Å². The summed E-state index contributed by atoms with van der Waals surface area (Å²) in [6, 6.07) is 9.05. The van der Waals surface area contributed by atoms with E-state index < -0.39 is 17.7 Å². The largest absolute Gasteiger partial charge is 0.507 e. The fourth-order valence-electron chi connectivity index (χ4n) is 4.18. The summed E-state index contributed by atoms with van der Waals surface area (Å²) in [6.07, 6.45) is 3.97. The Labute approximate surface area is 163 Å². The van der Waals surface area contributed by atoms with Gasteiger partial charge in [-0.05, 0) is 55.3 Å². The lowest BCUT2D eigenvalue weighted by atomic mass is 9.97. The molecule has 5 heteroatoms. The molecule has 140 valence electrons. The van der Waals surface area contributed by atoms with Crippen LogP contribution in [0, 0.1) is 13.8 Å². The van der Waals surface area contributed by atoms with Crippen molar-refractivity contribution in [2.75, 3.05) is 0 Å². The standard InChI is InChI=1S/C22H23NO3S/c1-13-9-10-15(12-14(13)2)20(24)18-19(17-8-5-11-27-17)23(22(26)21(18)25)16-6-3-4-7-16/h5,8-12,16,19,24H,3-4,6-7H2,1-2H3/b20-18-. The number of nitrogens with zero attached hydrogens (tertiary/aromatic N) is 1. The van der Waals surface area contributed by atoms with Gasteiger partial charge >= 0.3 is 0 Å². The number of Topliss-reactive ketones (excluding diaryl/α,β-unsaturated/α-hetero) is 1. The molecule has 1 atom stereocenters. The molecule has 1 aliphatic heterocycles. The Hall–Kier alpha value is -2.40. The molecule has 4 nitrogen and oxygen atoms in total. The van der Waals surface area contributed by atoms with Gasteiger partial charge in [0.25, 0.3) is 11.7 Å². The van der Waals surface area contributed by atoms with E-state index in [1.54, 1.807) is 4.90 Å². The number of aliphatic hydroxyl groups is 1. The zero-order chi connectivity index (χ0) is 19.1. The summed E-state index contributed by atoms with van der Waals surface area (Å²) < 4.78 is 0. The second-order valence-electron chi connectivity index (χ2n) is 7.46. The van der Waals surface area contributed by atoms with E-state index in [-0.39, 0.29) is 17.4 Å². The molecule has 0 spiro atoms. The normalized spacial score (nSPS) is 22.7. The van der Waals surface area contributed by atoms with Gasteiger partial charge in [-0.25, -0.2) is 0 Å². The Morgan fingerprint density at radius 2 is 1.85 bits per heavy atom. The number of carbonyl (C=O) groups is 2. The van der Waals surface area contributed by atoms with Crippen LogP contribution >= 0.6 is 11.3 Å². The minimum absolute atomic E-state index is 0.0682.